The molecule has 0 spiro atoms. The van der Waals surface area contributed by atoms with Crippen molar-refractivity contribution in [2.45, 2.75) is 19.3 Å². The van der Waals surface area contributed by atoms with Crippen molar-refractivity contribution < 1.29 is 14.3 Å². The summed E-state index contributed by atoms with van der Waals surface area (Å²) in [6.45, 7) is 3.79. The van der Waals surface area contributed by atoms with Crippen LogP contribution in [-0.4, -0.2) is 20.2 Å². The summed E-state index contributed by atoms with van der Waals surface area (Å²) < 4.78 is 9.93. The topological polar surface area (TPSA) is 35.5 Å². The highest BCUT2D eigenvalue weighted by Crippen LogP contribution is 2.32. The van der Waals surface area contributed by atoms with Crippen molar-refractivity contribution in [3.05, 3.63) is 29.3 Å². The highest BCUT2D eigenvalue weighted by atomic mass is 16.5. The molecule has 0 N–H and O–H groups in total. The third-order valence-electron chi connectivity index (χ3n) is 2.65. The number of ether oxygens (including phenoxy) is 2. The Morgan fingerprint density at radius 2 is 2.00 bits per heavy atom. The Hall–Kier alpha value is -1.95. The van der Waals surface area contributed by atoms with Crippen LogP contribution in [0, 0.1) is 12.3 Å². The summed E-state index contributed by atoms with van der Waals surface area (Å²) in [7, 11) is 2.92. The monoisotopic (exact) mass is 232 g/mol. The van der Waals surface area contributed by atoms with Gasteiger partial charge in [-0.1, -0.05) is 5.92 Å². The maximum absolute atomic E-state index is 11.5. The van der Waals surface area contributed by atoms with Crippen LogP contribution in [0.5, 0.6) is 5.75 Å². The lowest BCUT2D eigenvalue weighted by Crippen LogP contribution is -2.16. The molecule has 1 rings (SSSR count). The maximum atomic E-state index is 11.5. The molecule has 17 heavy (non-hydrogen) atoms. The summed E-state index contributed by atoms with van der Waals surface area (Å²) >= 11 is 0. The predicted molar refractivity (Wildman–Crippen MR) is 66.2 cm³/mol. The standard InChI is InChI=1S/C14H16O3/c1-6-14(2,3)11-9-10(13(15)17-5)7-8-12(11)16-4/h1,7-9H,2-5H3. The van der Waals surface area contributed by atoms with Gasteiger partial charge >= 0.3 is 5.97 Å². The molecule has 0 saturated carbocycles. The van der Waals surface area contributed by atoms with Gasteiger partial charge in [0.05, 0.1) is 25.2 Å². The van der Waals surface area contributed by atoms with E-state index in [9.17, 15) is 4.79 Å². The average molecular weight is 232 g/mol. The summed E-state index contributed by atoms with van der Waals surface area (Å²) in [6.07, 6.45) is 5.50. The summed E-state index contributed by atoms with van der Waals surface area (Å²) in [5.41, 5.74) is 0.757. The van der Waals surface area contributed by atoms with Crippen molar-refractivity contribution in [2.24, 2.45) is 0 Å². The van der Waals surface area contributed by atoms with Crippen molar-refractivity contribution in [3.8, 4) is 18.1 Å². The molecule has 3 heteroatoms. The second-order valence-electron chi connectivity index (χ2n) is 4.18. The van der Waals surface area contributed by atoms with Crippen molar-refractivity contribution in [1.82, 2.24) is 0 Å². The van der Waals surface area contributed by atoms with Crippen LogP contribution in [0.1, 0.15) is 29.8 Å². The third kappa shape index (κ3) is 2.59. The van der Waals surface area contributed by atoms with Gasteiger partial charge in [0, 0.05) is 5.56 Å². The fourth-order valence-electron chi connectivity index (χ4n) is 1.52. The van der Waals surface area contributed by atoms with E-state index in [1.807, 2.05) is 13.8 Å². The summed E-state index contributed by atoms with van der Waals surface area (Å²) in [4.78, 5) is 11.5. The smallest absolute Gasteiger partial charge is 0.337 e. The first-order valence-corrected chi connectivity index (χ1v) is 5.21. The molecule has 0 heterocycles. The molecule has 0 aliphatic rings. The van der Waals surface area contributed by atoms with Crippen LogP contribution in [0.25, 0.3) is 0 Å². The molecule has 0 fully saturated rings. The van der Waals surface area contributed by atoms with E-state index in [0.717, 1.165) is 5.56 Å². The summed E-state index contributed by atoms with van der Waals surface area (Å²) in [5.74, 6) is 2.96. The summed E-state index contributed by atoms with van der Waals surface area (Å²) in [6, 6.07) is 5.09. The van der Waals surface area contributed by atoms with Gasteiger partial charge in [-0.15, -0.1) is 6.42 Å². The Kier molecular flexibility index (Phi) is 3.80. The number of rotatable bonds is 3. The molecule has 0 amide bonds. The van der Waals surface area contributed by atoms with Crippen molar-refractivity contribution in [1.29, 1.82) is 0 Å². The van der Waals surface area contributed by atoms with Crippen molar-refractivity contribution >= 4 is 5.97 Å². The Morgan fingerprint density at radius 1 is 1.35 bits per heavy atom. The lowest BCUT2D eigenvalue weighted by Gasteiger charge is -2.21. The van der Waals surface area contributed by atoms with Crippen LogP contribution in [-0.2, 0) is 10.2 Å². The Balaban J connectivity index is 3.36. The highest BCUT2D eigenvalue weighted by Gasteiger charge is 2.23. The molecule has 1 aromatic rings. The van der Waals surface area contributed by atoms with E-state index in [4.69, 9.17) is 11.2 Å². The first-order chi connectivity index (χ1) is 7.96. The highest BCUT2D eigenvalue weighted by molar-refractivity contribution is 5.90. The second-order valence-corrected chi connectivity index (χ2v) is 4.18. The molecule has 90 valence electrons. The lowest BCUT2D eigenvalue weighted by molar-refractivity contribution is 0.0600. The number of esters is 1. The van der Waals surface area contributed by atoms with Crippen LogP contribution in [0.4, 0.5) is 0 Å². The van der Waals surface area contributed by atoms with Crippen LogP contribution in [0.15, 0.2) is 18.2 Å². The number of carbonyl (C=O) groups is 1. The largest absolute Gasteiger partial charge is 0.496 e. The molecule has 0 unspecified atom stereocenters. The zero-order chi connectivity index (χ0) is 13.1. The van der Waals surface area contributed by atoms with Gasteiger partial charge in [0.2, 0.25) is 0 Å². The van der Waals surface area contributed by atoms with Gasteiger partial charge in [-0.2, -0.15) is 0 Å². The molecule has 0 saturated heterocycles. The number of hydrogen-bond acceptors (Lipinski definition) is 3. The van der Waals surface area contributed by atoms with Gasteiger partial charge in [-0.25, -0.2) is 4.79 Å². The fourth-order valence-corrected chi connectivity index (χ4v) is 1.52. The Bertz CT molecular complexity index is 467. The molecule has 0 bridgehead atoms. The molecule has 0 aromatic heterocycles. The van der Waals surface area contributed by atoms with Crippen LogP contribution < -0.4 is 4.74 Å². The van der Waals surface area contributed by atoms with Crippen LogP contribution >= 0.6 is 0 Å². The zero-order valence-electron chi connectivity index (χ0n) is 10.5. The Labute approximate surface area is 102 Å². The minimum Gasteiger partial charge on any atom is -0.496 e. The van der Waals surface area contributed by atoms with E-state index in [1.165, 1.54) is 7.11 Å². The first-order valence-electron chi connectivity index (χ1n) is 5.21. The number of hydrogen-bond donors (Lipinski definition) is 0. The van der Waals surface area contributed by atoms with Gasteiger partial charge in [0.25, 0.3) is 0 Å². The first kappa shape index (κ1) is 13.1. The number of methoxy groups -OCH3 is 2. The molecule has 0 aliphatic heterocycles. The van der Waals surface area contributed by atoms with Crippen molar-refractivity contribution in [3.63, 3.8) is 0 Å². The van der Waals surface area contributed by atoms with E-state index in [-0.39, 0.29) is 5.97 Å². The molecule has 3 nitrogen and oxygen atoms in total. The zero-order valence-corrected chi connectivity index (χ0v) is 10.5. The van der Waals surface area contributed by atoms with E-state index in [2.05, 4.69) is 10.7 Å². The van der Waals surface area contributed by atoms with Gasteiger partial charge in [0.1, 0.15) is 5.75 Å². The molecule has 0 atom stereocenters. The Morgan fingerprint density at radius 3 is 2.47 bits per heavy atom. The lowest BCUT2D eigenvalue weighted by atomic mass is 9.84. The number of carbonyl (C=O) groups excluding carboxylic acids is 1. The van der Waals surface area contributed by atoms with Gasteiger partial charge in [-0.05, 0) is 32.0 Å². The quantitative estimate of drug-likeness (QED) is 0.593. The molecule has 1 aromatic carbocycles. The molecular formula is C14H16O3. The number of terminal acetylenes is 1. The molecule has 0 aliphatic carbocycles. The molecular weight excluding hydrogens is 216 g/mol. The van der Waals surface area contributed by atoms with Gasteiger partial charge in [0.15, 0.2) is 0 Å². The van der Waals surface area contributed by atoms with E-state index >= 15 is 0 Å². The van der Waals surface area contributed by atoms with Crippen LogP contribution in [0.3, 0.4) is 0 Å². The second kappa shape index (κ2) is 4.92. The van der Waals surface area contributed by atoms with Gasteiger partial charge in [-0.3, -0.25) is 0 Å². The van der Waals surface area contributed by atoms with E-state index in [0.29, 0.717) is 11.3 Å². The fraction of sp³-hybridized carbons (Fsp3) is 0.357. The predicted octanol–water partition coefficient (Wildman–Crippen LogP) is 2.39. The maximum Gasteiger partial charge on any atom is 0.337 e. The number of benzene rings is 1. The van der Waals surface area contributed by atoms with Crippen LogP contribution in [0.2, 0.25) is 0 Å². The minimum atomic E-state index is -0.505. The normalized spacial score (nSPS) is 10.5. The molecule has 0 radical (unpaired) electrons. The SMILES string of the molecule is C#CC(C)(C)c1cc(C(=O)OC)ccc1OC. The van der Waals surface area contributed by atoms with Crippen molar-refractivity contribution in [2.75, 3.05) is 14.2 Å². The summed E-state index contributed by atoms with van der Waals surface area (Å²) in [5, 5.41) is 0. The van der Waals surface area contributed by atoms with Gasteiger partial charge < -0.3 is 9.47 Å². The third-order valence-corrected chi connectivity index (χ3v) is 2.65. The average Bonchev–Trinajstić information content (AvgIpc) is 2.36. The van der Waals surface area contributed by atoms with E-state index in [1.54, 1.807) is 25.3 Å². The van der Waals surface area contributed by atoms with E-state index < -0.39 is 5.41 Å². The minimum absolute atomic E-state index is 0.387.